The lowest BCUT2D eigenvalue weighted by Gasteiger charge is -1.99. The molecule has 0 amide bonds. The third kappa shape index (κ3) is 1.57. The second kappa shape index (κ2) is 3.18. The van der Waals surface area contributed by atoms with E-state index in [4.69, 9.17) is 11.0 Å². The molecule has 0 spiro atoms. The van der Waals surface area contributed by atoms with Gasteiger partial charge < -0.3 is 5.73 Å². The number of nitrogens with two attached hydrogens (primary N) is 1. The molecule has 56 valence electrons. The molecule has 2 heteroatoms. The monoisotopic (exact) mass is 146 g/mol. The van der Waals surface area contributed by atoms with Crippen LogP contribution in [0.1, 0.15) is 16.7 Å². The van der Waals surface area contributed by atoms with E-state index in [2.05, 4.69) is 6.07 Å². The van der Waals surface area contributed by atoms with Crippen LogP contribution in [-0.4, -0.2) is 0 Å². The highest BCUT2D eigenvalue weighted by molar-refractivity contribution is 5.39. The number of aryl methyl sites for hydroxylation is 1. The zero-order valence-electron chi connectivity index (χ0n) is 6.46. The maximum Gasteiger partial charge on any atom is 0.0994 e. The van der Waals surface area contributed by atoms with Gasteiger partial charge in [-0.05, 0) is 24.1 Å². The first kappa shape index (κ1) is 7.77. The molecule has 0 aromatic heterocycles. The van der Waals surface area contributed by atoms with E-state index < -0.39 is 0 Å². The Morgan fingerprint density at radius 2 is 2.27 bits per heavy atom. The number of hydrogen-bond donors (Lipinski definition) is 1. The van der Waals surface area contributed by atoms with E-state index in [0.29, 0.717) is 12.1 Å². The van der Waals surface area contributed by atoms with Crippen LogP contribution in [0.15, 0.2) is 18.2 Å². The Bertz CT molecular complexity index is 297. The Hall–Kier alpha value is -1.33. The summed E-state index contributed by atoms with van der Waals surface area (Å²) in [4.78, 5) is 0. The molecule has 0 saturated carbocycles. The van der Waals surface area contributed by atoms with Crippen molar-refractivity contribution in [2.75, 3.05) is 0 Å². The summed E-state index contributed by atoms with van der Waals surface area (Å²) in [5.41, 5.74) is 8.14. The Morgan fingerprint density at radius 3 is 2.82 bits per heavy atom. The average molecular weight is 146 g/mol. The molecular formula is C9H10N2. The van der Waals surface area contributed by atoms with Crippen LogP contribution in [0, 0.1) is 18.3 Å². The highest BCUT2D eigenvalue weighted by Gasteiger charge is 1.96. The maximum absolute atomic E-state index is 8.65. The largest absolute Gasteiger partial charge is 0.326 e. The molecule has 1 aromatic rings. The standard InChI is InChI=1S/C9H10N2/c1-7-2-3-8(5-10)4-9(7)6-11/h2-4H,5,10H2,1H3. The van der Waals surface area contributed by atoms with Gasteiger partial charge in [0.1, 0.15) is 0 Å². The number of hydrogen-bond acceptors (Lipinski definition) is 2. The van der Waals surface area contributed by atoms with Gasteiger partial charge in [-0.2, -0.15) is 5.26 Å². The summed E-state index contributed by atoms with van der Waals surface area (Å²) in [5, 5.41) is 8.65. The zero-order chi connectivity index (χ0) is 8.27. The highest BCUT2D eigenvalue weighted by Crippen LogP contribution is 2.08. The third-order valence-electron chi connectivity index (χ3n) is 1.66. The minimum absolute atomic E-state index is 0.495. The average Bonchev–Trinajstić information content (AvgIpc) is 2.05. The molecule has 0 aliphatic carbocycles. The van der Waals surface area contributed by atoms with Gasteiger partial charge >= 0.3 is 0 Å². The zero-order valence-corrected chi connectivity index (χ0v) is 6.46. The SMILES string of the molecule is Cc1ccc(CN)cc1C#N. The first-order chi connectivity index (χ1) is 5.27. The normalized spacial score (nSPS) is 9.18. The summed E-state index contributed by atoms with van der Waals surface area (Å²) in [6.45, 7) is 2.41. The van der Waals surface area contributed by atoms with Gasteiger partial charge in [0, 0.05) is 6.54 Å². The van der Waals surface area contributed by atoms with Crippen molar-refractivity contribution in [3.63, 3.8) is 0 Å². The molecule has 0 aliphatic rings. The topological polar surface area (TPSA) is 49.8 Å². The molecular weight excluding hydrogens is 136 g/mol. The lowest BCUT2D eigenvalue weighted by Crippen LogP contribution is -1.96. The van der Waals surface area contributed by atoms with Crippen molar-refractivity contribution in [2.24, 2.45) is 5.73 Å². The molecule has 0 fully saturated rings. The molecule has 0 radical (unpaired) electrons. The number of nitrogens with zero attached hydrogens (tertiary/aromatic N) is 1. The third-order valence-corrected chi connectivity index (χ3v) is 1.66. The van der Waals surface area contributed by atoms with Crippen molar-refractivity contribution in [1.82, 2.24) is 0 Å². The predicted molar refractivity (Wildman–Crippen MR) is 43.8 cm³/mol. The lowest BCUT2D eigenvalue weighted by atomic mass is 10.1. The molecule has 2 nitrogen and oxygen atoms in total. The number of benzene rings is 1. The Labute approximate surface area is 66.3 Å². The first-order valence-corrected chi connectivity index (χ1v) is 3.47. The van der Waals surface area contributed by atoms with Crippen molar-refractivity contribution >= 4 is 0 Å². The molecule has 0 atom stereocenters. The van der Waals surface area contributed by atoms with Crippen molar-refractivity contribution in [3.05, 3.63) is 34.9 Å². The van der Waals surface area contributed by atoms with Crippen LogP contribution < -0.4 is 5.73 Å². The maximum atomic E-state index is 8.65. The van der Waals surface area contributed by atoms with E-state index >= 15 is 0 Å². The predicted octanol–water partition coefficient (Wildman–Crippen LogP) is 1.33. The summed E-state index contributed by atoms with van der Waals surface area (Å²) in [5.74, 6) is 0. The Morgan fingerprint density at radius 1 is 1.55 bits per heavy atom. The molecule has 2 N–H and O–H groups in total. The highest BCUT2D eigenvalue weighted by atomic mass is 14.5. The number of rotatable bonds is 1. The van der Waals surface area contributed by atoms with Crippen LogP contribution in [0.3, 0.4) is 0 Å². The van der Waals surface area contributed by atoms with Gasteiger partial charge in [-0.25, -0.2) is 0 Å². The van der Waals surface area contributed by atoms with Crippen LogP contribution in [-0.2, 0) is 6.54 Å². The number of nitriles is 1. The molecule has 0 heterocycles. The van der Waals surface area contributed by atoms with E-state index in [1.54, 1.807) is 0 Å². The molecule has 1 rings (SSSR count). The van der Waals surface area contributed by atoms with E-state index in [1.165, 1.54) is 0 Å². The molecule has 0 aliphatic heterocycles. The van der Waals surface area contributed by atoms with Crippen LogP contribution in [0.4, 0.5) is 0 Å². The van der Waals surface area contributed by atoms with Gasteiger partial charge in [0.25, 0.3) is 0 Å². The minimum atomic E-state index is 0.495. The molecule has 0 unspecified atom stereocenters. The van der Waals surface area contributed by atoms with Gasteiger partial charge in [0.05, 0.1) is 11.6 Å². The summed E-state index contributed by atoms with van der Waals surface area (Å²) < 4.78 is 0. The fourth-order valence-electron chi connectivity index (χ4n) is 0.917. The summed E-state index contributed by atoms with van der Waals surface area (Å²) >= 11 is 0. The quantitative estimate of drug-likeness (QED) is 0.649. The lowest BCUT2D eigenvalue weighted by molar-refractivity contribution is 1.07. The molecule has 0 bridgehead atoms. The molecule has 11 heavy (non-hydrogen) atoms. The first-order valence-electron chi connectivity index (χ1n) is 3.47. The van der Waals surface area contributed by atoms with Gasteiger partial charge in [-0.15, -0.1) is 0 Å². The minimum Gasteiger partial charge on any atom is -0.326 e. The van der Waals surface area contributed by atoms with E-state index in [1.807, 2.05) is 25.1 Å². The van der Waals surface area contributed by atoms with Crippen LogP contribution in [0.25, 0.3) is 0 Å². The summed E-state index contributed by atoms with van der Waals surface area (Å²) in [6, 6.07) is 7.80. The van der Waals surface area contributed by atoms with Crippen molar-refractivity contribution in [1.29, 1.82) is 5.26 Å². The van der Waals surface area contributed by atoms with Gasteiger partial charge in [-0.3, -0.25) is 0 Å². The summed E-state index contributed by atoms with van der Waals surface area (Å²) in [7, 11) is 0. The van der Waals surface area contributed by atoms with Gasteiger partial charge in [0.2, 0.25) is 0 Å². The fourth-order valence-corrected chi connectivity index (χ4v) is 0.917. The van der Waals surface area contributed by atoms with Crippen molar-refractivity contribution < 1.29 is 0 Å². The fraction of sp³-hybridized carbons (Fsp3) is 0.222. The summed E-state index contributed by atoms with van der Waals surface area (Å²) in [6.07, 6.45) is 0. The van der Waals surface area contributed by atoms with E-state index in [0.717, 1.165) is 11.1 Å². The smallest absolute Gasteiger partial charge is 0.0994 e. The van der Waals surface area contributed by atoms with Gasteiger partial charge in [-0.1, -0.05) is 12.1 Å². The van der Waals surface area contributed by atoms with Crippen molar-refractivity contribution in [3.8, 4) is 6.07 Å². The van der Waals surface area contributed by atoms with E-state index in [9.17, 15) is 0 Å². The van der Waals surface area contributed by atoms with Crippen LogP contribution in [0.5, 0.6) is 0 Å². The second-order valence-electron chi connectivity index (χ2n) is 2.47. The van der Waals surface area contributed by atoms with Crippen LogP contribution >= 0.6 is 0 Å². The molecule has 0 saturated heterocycles. The van der Waals surface area contributed by atoms with Crippen LogP contribution in [0.2, 0.25) is 0 Å². The van der Waals surface area contributed by atoms with Crippen molar-refractivity contribution in [2.45, 2.75) is 13.5 Å². The molecule has 1 aromatic carbocycles. The Kier molecular flexibility index (Phi) is 2.25. The second-order valence-corrected chi connectivity index (χ2v) is 2.47. The van der Waals surface area contributed by atoms with Gasteiger partial charge in [0.15, 0.2) is 0 Å². The Balaban J connectivity index is 3.15. The van der Waals surface area contributed by atoms with E-state index in [-0.39, 0.29) is 0 Å².